The van der Waals surface area contributed by atoms with Crippen LogP contribution in [0.15, 0.2) is 60.9 Å². The SMILES string of the molecule is C[C@H]1C[C@H](NC(=O)c2cccc3nccn23)C(=O)N1c1ccccc1. The number of carbonyl (C=O) groups is 2. The Bertz CT molecular complexity index is 935. The van der Waals surface area contributed by atoms with Crippen LogP contribution in [0.1, 0.15) is 23.8 Å². The second-order valence-electron chi connectivity index (χ2n) is 6.22. The molecule has 6 nitrogen and oxygen atoms in total. The third-order valence-corrected chi connectivity index (χ3v) is 4.55. The van der Waals surface area contributed by atoms with Gasteiger partial charge in [0.1, 0.15) is 17.4 Å². The van der Waals surface area contributed by atoms with Crippen molar-refractivity contribution in [2.75, 3.05) is 4.90 Å². The van der Waals surface area contributed by atoms with Crippen molar-refractivity contribution < 1.29 is 9.59 Å². The summed E-state index contributed by atoms with van der Waals surface area (Å²) in [6.45, 7) is 1.99. The van der Waals surface area contributed by atoms with Gasteiger partial charge in [0.15, 0.2) is 0 Å². The van der Waals surface area contributed by atoms with Crippen LogP contribution >= 0.6 is 0 Å². The number of aromatic nitrogens is 2. The van der Waals surface area contributed by atoms with E-state index in [1.165, 1.54) is 0 Å². The number of imidazole rings is 1. The molecule has 2 amide bonds. The highest BCUT2D eigenvalue weighted by molar-refractivity contribution is 6.04. The van der Waals surface area contributed by atoms with E-state index in [-0.39, 0.29) is 17.9 Å². The fraction of sp³-hybridized carbons (Fsp3) is 0.211. The van der Waals surface area contributed by atoms with Gasteiger partial charge in [0.2, 0.25) is 5.91 Å². The molecule has 25 heavy (non-hydrogen) atoms. The molecule has 1 aromatic carbocycles. The van der Waals surface area contributed by atoms with Crippen LogP contribution in [0.3, 0.4) is 0 Å². The standard InChI is InChI=1S/C19H18N4O2/c1-13-12-15(19(25)23(13)14-6-3-2-4-7-14)21-18(24)16-8-5-9-17-20-10-11-22(16)17/h2-11,13,15H,12H2,1H3,(H,21,24)/t13-,15-/m0/s1. The fourth-order valence-corrected chi connectivity index (χ4v) is 3.39. The molecule has 0 bridgehead atoms. The lowest BCUT2D eigenvalue weighted by Crippen LogP contribution is -2.42. The van der Waals surface area contributed by atoms with E-state index >= 15 is 0 Å². The van der Waals surface area contributed by atoms with Gasteiger partial charge in [-0.2, -0.15) is 0 Å². The van der Waals surface area contributed by atoms with Crippen molar-refractivity contribution in [1.29, 1.82) is 0 Å². The third-order valence-electron chi connectivity index (χ3n) is 4.55. The number of nitrogens with one attached hydrogen (secondary N) is 1. The summed E-state index contributed by atoms with van der Waals surface area (Å²) >= 11 is 0. The zero-order valence-corrected chi connectivity index (χ0v) is 13.8. The molecule has 1 fully saturated rings. The Balaban J connectivity index is 1.56. The van der Waals surface area contributed by atoms with E-state index in [1.54, 1.807) is 33.8 Å². The topological polar surface area (TPSA) is 66.7 Å². The van der Waals surface area contributed by atoms with Crippen molar-refractivity contribution in [1.82, 2.24) is 14.7 Å². The van der Waals surface area contributed by atoms with Crippen molar-refractivity contribution in [3.05, 3.63) is 66.6 Å². The maximum atomic E-state index is 12.8. The van der Waals surface area contributed by atoms with E-state index in [0.29, 0.717) is 17.8 Å². The second kappa shape index (κ2) is 6.05. The van der Waals surface area contributed by atoms with Gasteiger partial charge < -0.3 is 10.2 Å². The lowest BCUT2D eigenvalue weighted by Gasteiger charge is -2.21. The van der Waals surface area contributed by atoms with Crippen LogP contribution in [0, 0.1) is 0 Å². The summed E-state index contributed by atoms with van der Waals surface area (Å²) in [4.78, 5) is 31.4. The Morgan fingerprint density at radius 2 is 1.96 bits per heavy atom. The molecule has 2 aromatic heterocycles. The van der Waals surface area contributed by atoms with E-state index < -0.39 is 6.04 Å². The molecule has 3 aromatic rings. The molecule has 1 aliphatic heterocycles. The number of carbonyl (C=O) groups excluding carboxylic acids is 2. The van der Waals surface area contributed by atoms with Gasteiger partial charge in [-0.25, -0.2) is 4.98 Å². The van der Waals surface area contributed by atoms with Crippen molar-refractivity contribution in [3.8, 4) is 0 Å². The first-order chi connectivity index (χ1) is 12.1. The molecule has 0 spiro atoms. The summed E-state index contributed by atoms with van der Waals surface area (Å²) in [6, 6.07) is 14.4. The van der Waals surface area contributed by atoms with Crippen LogP contribution in [0.25, 0.3) is 5.65 Å². The average Bonchev–Trinajstić information content (AvgIpc) is 3.20. The van der Waals surface area contributed by atoms with Crippen molar-refractivity contribution in [2.24, 2.45) is 0 Å². The average molecular weight is 334 g/mol. The van der Waals surface area contributed by atoms with E-state index in [1.807, 2.05) is 43.3 Å². The number of rotatable bonds is 3. The highest BCUT2D eigenvalue weighted by Crippen LogP contribution is 2.26. The van der Waals surface area contributed by atoms with E-state index in [2.05, 4.69) is 10.3 Å². The molecule has 1 saturated heterocycles. The summed E-state index contributed by atoms with van der Waals surface area (Å²) in [7, 11) is 0. The molecule has 0 radical (unpaired) electrons. The molecule has 1 N–H and O–H groups in total. The molecule has 2 atom stereocenters. The van der Waals surface area contributed by atoms with E-state index in [0.717, 1.165) is 5.69 Å². The fourth-order valence-electron chi connectivity index (χ4n) is 3.39. The third kappa shape index (κ3) is 2.65. The van der Waals surface area contributed by atoms with Crippen molar-refractivity contribution in [3.63, 3.8) is 0 Å². The minimum Gasteiger partial charge on any atom is -0.339 e. The maximum absolute atomic E-state index is 12.8. The van der Waals surface area contributed by atoms with Gasteiger partial charge in [0, 0.05) is 24.1 Å². The van der Waals surface area contributed by atoms with Crippen LogP contribution in [0.2, 0.25) is 0 Å². The quantitative estimate of drug-likeness (QED) is 0.799. The van der Waals surface area contributed by atoms with Gasteiger partial charge in [0.05, 0.1) is 0 Å². The summed E-state index contributed by atoms with van der Waals surface area (Å²) < 4.78 is 1.72. The first-order valence-electron chi connectivity index (χ1n) is 8.26. The Hall–Kier alpha value is -3.15. The number of nitrogens with zero attached hydrogens (tertiary/aromatic N) is 3. The minimum atomic E-state index is -0.526. The molecule has 0 aliphatic carbocycles. The van der Waals surface area contributed by atoms with Gasteiger partial charge in [0.25, 0.3) is 5.91 Å². The highest BCUT2D eigenvalue weighted by atomic mass is 16.2. The number of amides is 2. The number of para-hydroxylation sites is 1. The number of hydrogen-bond acceptors (Lipinski definition) is 3. The Kier molecular flexibility index (Phi) is 3.72. The van der Waals surface area contributed by atoms with Crippen molar-refractivity contribution >= 4 is 23.1 Å². The van der Waals surface area contributed by atoms with Gasteiger partial charge in [-0.15, -0.1) is 0 Å². The van der Waals surface area contributed by atoms with Crippen molar-refractivity contribution in [2.45, 2.75) is 25.4 Å². The summed E-state index contributed by atoms with van der Waals surface area (Å²) in [6.07, 6.45) is 3.96. The number of anilines is 1. The predicted molar refractivity (Wildman–Crippen MR) is 94.5 cm³/mol. The first kappa shape index (κ1) is 15.4. The maximum Gasteiger partial charge on any atom is 0.268 e. The highest BCUT2D eigenvalue weighted by Gasteiger charge is 2.39. The summed E-state index contributed by atoms with van der Waals surface area (Å²) in [5.41, 5.74) is 2.02. The minimum absolute atomic E-state index is 0.0317. The molecule has 0 saturated carbocycles. The lowest BCUT2D eigenvalue weighted by molar-refractivity contribution is -0.118. The van der Waals surface area contributed by atoms with E-state index in [4.69, 9.17) is 0 Å². The Morgan fingerprint density at radius 3 is 2.76 bits per heavy atom. The normalized spacial score (nSPS) is 20.2. The summed E-state index contributed by atoms with van der Waals surface area (Å²) in [5.74, 6) is -0.353. The molecular weight excluding hydrogens is 316 g/mol. The number of hydrogen-bond donors (Lipinski definition) is 1. The Morgan fingerprint density at radius 1 is 1.16 bits per heavy atom. The molecule has 1 aliphatic rings. The van der Waals surface area contributed by atoms with Gasteiger partial charge in [-0.05, 0) is 37.6 Å². The van der Waals surface area contributed by atoms with Crippen LogP contribution in [0.4, 0.5) is 5.69 Å². The zero-order chi connectivity index (χ0) is 17.4. The van der Waals surface area contributed by atoms with Gasteiger partial charge in [-0.1, -0.05) is 24.3 Å². The number of benzene rings is 1. The predicted octanol–water partition coefficient (Wildman–Crippen LogP) is 2.26. The van der Waals surface area contributed by atoms with Crippen LogP contribution in [-0.2, 0) is 4.79 Å². The number of fused-ring (bicyclic) bond motifs is 1. The molecular formula is C19H18N4O2. The molecule has 126 valence electrons. The van der Waals surface area contributed by atoms with Crippen LogP contribution in [-0.4, -0.2) is 33.3 Å². The van der Waals surface area contributed by atoms with Crippen LogP contribution in [0.5, 0.6) is 0 Å². The first-order valence-corrected chi connectivity index (χ1v) is 8.26. The lowest BCUT2D eigenvalue weighted by atomic mass is 10.2. The Labute approximate surface area is 145 Å². The zero-order valence-electron chi connectivity index (χ0n) is 13.8. The van der Waals surface area contributed by atoms with Crippen LogP contribution < -0.4 is 10.2 Å². The second-order valence-corrected chi connectivity index (χ2v) is 6.22. The molecule has 0 unspecified atom stereocenters. The molecule has 6 heteroatoms. The molecule has 4 rings (SSSR count). The smallest absolute Gasteiger partial charge is 0.268 e. The number of pyridine rings is 1. The summed E-state index contributed by atoms with van der Waals surface area (Å²) in [5, 5.41) is 2.88. The largest absolute Gasteiger partial charge is 0.339 e. The molecule has 3 heterocycles. The monoisotopic (exact) mass is 334 g/mol. The van der Waals surface area contributed by atoms with Gasteiger partial charge in [-0.3, -0.25) is 14.0 Å². The van der Waals surface area contributed by atoms with E-state index in [9.17, 15) is 9.59 Å². The van der Waals surface area contributed by atoms with Gasteiger partial charge >= 0.3 is 0 Å².